The first kappa shape index (κ1) is 11.6. The van der Waals surface area contributed by atoms with E-state index < -0.39 is 0 Å². The summed E-state index contributed by atoms with van der Waals surface area (Å²) in [5, 5.41) is 0.741. The number of hydrogen-bond acceptors (Lipinski definition) is 2. The maximum atomic E-state index is 6.25. The number of hydrogen-bond donors (Lipinski definition) is 1. The third-order valence-electron chi connectivity index (χ3n) is 3.26. The van der Waals surface area contributed by atoms with Gasteiger partial charge in [-0.25, -0.2) is 0 Å². The summed E-state index contributed by atoms with van der Waals surface area (Å²) in [6.07, 6.45) is 0.966. The van der Waals surface area contributed by atoms with Gasteiger partial charge >= 0.3 is 0 Å². The van der Waals surface area contributed by atoms with Crippen molar-refractivity contribution in [3.05, 3.63) is 53.1 Å². The van der Waals surface area contributed by atoms with Crippen molar-refractivity contribution in [2.24, 2.45) is 5.73 Å². The normalized spacial score (nSPS) is 17.3. The molecule has 2 N–H and O–H groups in total. The van der Waals surface area contributed by atoms with Gasteiger partial charge < -0.3 is 10.5 Å². The SMILES string of the molecule is NC[C@H]1Cc2cccc(-c3ccccc3Cl)c2O1. The fourth-order valence-electron chi connectivity index (χ4n) is 2.36. The van der Waals surface area contributed by atoms with Crippen molar-refractivity contribution in [3.63, 3.8) is 0 Å². The van der Waals surface area contributed by atoms with Gasteiger partial charge in [-0.2, -0.15) is 0 Å². The Kier molecular flexibility index (Phi) is 2.98. The van der Waals surface area contributed by atoms with Crippen molar-refractivity contribution in [2.75, 3.05) is 6.54 Å². The van der Waals surface area contributed by atoms with Crippen LogP contribution in [0.2, 0.25) is 5.02 Å². The van der Waals surface area contributed by atoms with Crippen molar-refractivity contribution in [2.45, 2.75) is 12.5 Å². The summed E-state index contributed by atoms with van der Waals surface area (Å²) < 4.78 is 5.91. The minimum absolute atomic E-state index is 0.0867. The van der Waals surface area contributed by atoms with Gasteiger partial charge in [0, 0.05) is 29.1 Å². The summed E-state index contributed by atoms with van der Waals surface area (Å²) in [5.41, 5.74) is 8.95. The van der Waals surface area contributed by atoms with Gasteiger partial charge in [0.2, 0.25) is 0 Å². The molecule has 0 fully saturated rings. The fourth-order valence-corrected chi connectivity index (χ4v) is 2.60. The second kappa shape index (κ2) is 4.63. The Labute approximate surface area is 111 Å². The maximum Gasteiger partial charge on any atom is 0.131 e. The van der Waals surface area contributed by atoms with E-state index in [4.69, 9.17) is 22.1 Å². The van der Waals surface area contributed by atoms with E-state index in [0.717, 1.165) is 28.3 Å². The van der Waals surface area contributed by atoms with Crippen LogP contribution in [0.4, 0.5) is 0 Å². The highest BCUT2D eigenvalue weighted by atomic mass is 35.5. The highest BCUT2D eigenvalue weighted by molar-refractivity contribution is 6.33. The van der Waals surface area contributed by atoms with E-state index >= 15 is 0 Å². The Morgan fingerprint density at radius 3 is 2.67 bits per heavy atom. The van der Waals surface area contributed by atoms with E-state index in [1.807, 2.05) is 36.4 Å². The zero-order chi connectivity index (χ0) is 12.5. The summed E-state index contributed by atoms with van der Waals surface area (Å²) in [6, 6.07) is 14.0. The predicted molar refractivity (Wildman–Crippen MR) is 74.1 cm³/mol. The van der Waals surface area contributed by atoms with Crippen LogP contribution in [0.15, 0.2) is 42.5 Å². The van der Waals surface area contributed by atoms with Gasteiger partial charge in [0.15, 0.2) is 0 Å². The lowest BCUT2D eigenvalue weighted by Crippen LogP contribution is -2.24. The first-order valence-corrected chi connectivity index (χ1v) is 6.41. The molecule has 3 heteroatoms. The van der Waals surface area contributed by atoms with Crippen LogP contribution in [0.3, 0.4) is 0 Å². The molecule has 0 saturated heterocycles. The van der Waals surface area contributed by atoms with Crippen LogP contribution in [0.5, 0.6) is 5.75 Å². The van der Waals surface area contributed by atoms with Gasteiger partial charge in [0.05, 0.1) is 0 Å². The summed E-state index contributed by atoms with van der Waals surface area (Å²) in [7, 11) is 0. The molecule has 3 rings (SSSR count). The lowest BCUT2D eigenvalue weighted by atomic mass is 10.0. The van der Waals surface area contributed by atoms with Crippen LogP contribution in [-0.4, -0.2) is 12.6 Å². The van der Waals surface area contributed by atoms with Gasteiger partial charge in [-0.3, -0.25) is 0 Å². The molecule has 0 saturated carbocycles. The number of rotatable bonds is 2. The Bertz CT molecular complexity index is 582. The number of para-hydroxylation sites is 1. The third-order valence-corrected chi connectivity index (χ3v) is 3.59. The molecule has 0 bridgehead atoms. The van der Waals surface area contributed by atoms with Crippen LogP contribution >= 0.6 is 11.6 Å². The summed E-state index contributed by atoms with van der Waals surface area (Å²) in [5.74, 6) is 0.932. The molecule has 0 unspecified atom stereocenters. The smallest absolute Gasteiger partial charge is 0.131 e. The number of ether oxygens (including phenoxy) is 1. The summed E-state index contributed by atoms with van der Waals surface area (Å²) in [4.78, 5) is 0. The average Bonchev–Trinajstić information content (AvgIpc) is 2.82. The van der Waals surface area contributed by atoms with Crippen molar-refractivity contribution < 1.29 is 4.74 Å². The molecule has 0 aromatic heterocycles. The van der Waals surface area contributed by atoms with Crippen LogP contribution < -0.4 is 10.5 Å². The molecule has 2 nitrogen and oxygen atoms in total. The standard InChI is InChI=1S/C15H14ClNO/c16-14-7-2-1-5-12(14)13-6-3-4-10-8-11(9-17)18-15(10)13/h1-7,11H,8-9,17H2/t11-/m1/s1. The predicted octanol–water partition coefficient (Wildman–Crippen LogP) is 3.27. The van der Waals surface area contributed by atoms with Crippen molar-refractivity contribution in [1.82, 2.24) is 0 Å². The van der Waals surface area contributed by atoms with E-state index in [-0.39, 0.29) is 6.10 Å². The highest BCUT2D eigenvalue weighted by Crippen LogP contribution is 2.40. The molecule has 0 spiro atoms. The lowest BCUT2D eigenvalue weighted by Gasteiger charge is -2.11. The molecule has 0 aliphatic carbocycles. The highest BCUT2D eigenvalue weighted by Gasteiger charge is 2.24. The van der Waals surface area contributed by atoms with Crippen LogP contribution in [0.1, 0.15) is 5.56 Å². The number of halogens is 1. The van der Waals surface area contributed by atoms with E-state index in [9.17, 15) is 0 Å². The molecule has 1 atom stereocenters. The number of fused-ring (bicyclic) bond motifs is 1. The van der Waals surface area contributed by atoms with Gasteiger partial charge in [0.1, 0.15) is 11.9 Å². The zero-order valence-corrected chi connectivity index (χ0v) is 10.7. The van der Waals surface area contributed by atoms with Gasteiger partial charge in [-0.15, -0.1) is 0 Å². The summed E-state index contributed by atoms with van der Waals surface area (Å²) >= 11 is 6.25. The van der Waals surface area contributed by atoms with Gasteiger partial charge in [0.25, 0.3) is 0 Å². The molecule has 1 aliphatic heterocycles. The molecular formula is C15H14ClNO. The molecule has 0 radical (unpaired) electrons. The quantitative estimate of drug-likeness (QED) is 0.898. The second-order valence-corrected chi connectivity index (χ2v) is 4.86. The van der Waals surface area contributed by atoms with Crippen molar-refractivity contribution in [3.8, 4) is 16.9 Å². The molecular weight excluding hydrogens is 246 g/mol. The minimum atomic E-state index is 0.0867. The van der Waals surface area contributed by atoms with Crippen LogP contribution in [-0.2, 0) is 6.42 Å². The van der Waals surface area contributed by atoms with Crippen LogP contribution in [0.25, 0.3) is 11.1 Å². The fraction of sp³-hybridized carbons (Fsp3) is 0.200. The number of nitrogens with two attached hydrogens (primary N) is 1. The third kappa shape index (κ3) is 1.88. The molecule has 18 heavy (non-hydrogen) atoms. The Hall–Kier alpha value is -1.51. The molecule has 2 aromatic carbocycles. The van der Waals surface area contributed by atoms with E-state index in [0.29, 0.717) is 6.54 Å². The molecule has 1 aliphatic rings. The molecule has 92 valence electrons. The van der Waals surface area contributed by atoms with E-state index in [2.05, 4.69) is 6.07 Å². The zero-order valence-electron chi connectivity index (χ0n) is 9.90. The Morgan fingerprint density at radius 2 is 1.89 bits per heavy atom. The molecule has 0 amide bonds. The topological polar surface area (TPSA) is 35.2 Å². The van der Waals surface area contributed by atoms with E-state index in [1.165, 1.54) is 5.56 Å². The van der Waals surface area contributed by atoms with Crippen molar-refractivity contribution in [1.29, 1.82) is 0 Å². The Morgan fingerprint density at radius 1 is 1.11 bits per heavy atom. The first-order chi connectivity index (χ1) is 8.79. The minimum Gasteiger partial charge on any atom is -0.488 e. The van der Waals surface area contributed by atoms with Crippen molar-refractivity contribution >= 4 is 11.6 Å². The molecule has 1 heterocycles. The monoisotopic (exact) mass is 259 g/mol. The van der Waals surface area contributed by atoms with Gasteiger partial charge in [-0.05, 0) is 11.6 Å². The second-order valence-electron chi connectivity index (χ2n) is 4.45. The average molecular weight is 260 g/mol. The molecule has 2 aromatic rings. The maximum absolute atomic E-state index is 6.25. The summed E-state index contributed by atoms with van der Waals surface area (Å²) in [6.45, 7) is 0.538. The van der Waals surface area contributed by atoms with E-state index in [1.54, 1.807) is 0 Å². The first-order valence-electron chi connectivity index (χ1n) is 6.03. The largest absolute Gasteiger partial charge is 0.488 e. The van der Waals surface area contributed by atoms with Crippen LogP contribution in [0, 0.1) is 0 Å². The van der Waals surface area contributed by atoms with Gasteiger partial charge in [-0.1, -0.05) is 48.0 Å². The Balaban J connectivity index is 2.11. The lowest BCUT2D eigenvalue weighted by molar-refractivity contribution is 0.242. The number of benzene rings is 2.